The number of benzene rings is 1. The molecule has 0 unspecified atom stereocenters. The molecule has 1 aromatic carbocycles. The molecule has 0 aliphatic heterocycles. The second-order valence-electron chi connectivity index (χ2n) is 6.05. The van der Waals surface area contributed by atoms with Crippen molar-refractivity contribution in [3.8, 4) is 0 Å². The number of amides is 2. The highest BCUT2D eigenvalue weighted by Crippen LogP contribution is 2.16. The van der Waals surface area contributed by atoms with Gasteiger partial charge in [-0.2, -0.15) is 5.10 Å². The van der Waals surface area contributed by atoms with E-state index >= 15 is 0 Å². The number of aromatic nitrogens is 4. The maximum Gasteiger partial charge on any atom is 0.290 e. The summed E-state index contributed by atoms with van der Waals surface area (Å²) in [6.45, 7) is 2.31. The van der Waals surface area contributed by atoms with E-state index in [1.165, 1.54) is 22.3 Å². The Labute approximate surface area is 162 Å². The van der Waals surface area contributed by atoms with Crippen molar-refractivity contribution in [3.05, 3.63) is 63.9 Å². The minimum atomic E-state index is -0.605. The van der Waals surface area contributed by atoms with Crippen LogP contribution >= 0.6 is 11.3 Å². The first kappa shape index (κ1) is 17.9. The standard InChI is InChI=1S/C18H16N6O3S/c1-2-7-24-18(27)12-6-4-3-5-11(12)15(22-24)17(26)21-20-16(25)13-9-28-14-8-19-10-23(13)14/h3-6,8-10H,2,7H2,1H3,(H,20,25)(H,21,26). The van der Waals surface area contributed by atoms with Gasteiger partial charge in [-0.3, -0.25) is 29.6 Å². The third-order valence-electron chi connectivity index (χ3n) is 4.20. The molecule has 10 heteroatoms. The van der Waals surface area contributed by atoms with Crippen LogP contribution in [0.4, 0.5) is 0 Å². The van der Waals surface area contributed by atoms with Crippen molar-refractivity contribution in [3.63, 3.8) is 0 Å². The predicted molar refractivity (Wildman–Crippen MR) is 104 cm³/mol. The maximum absolute atomic E-state index is 12.7. The fourth-order valence-electron chi connectivity index (χ4n) is 2.89. The Bertz CT molecular complexity index is 1260. The summed E-state index contributed by atoms with van der Waals surface area (Å²) in [5.74, 6) is -1.09. The van der Waals surface area contributed by atoms with Crippen LogP contribution in [0.15, 0.2) is 47.0 Å². The molecular formula is C18H16N6O3S. The van der Waals surface area contributed by atoms with E-state index in [-0.39, 0.29) is 11.3 Å². The van der Waals surface area contributed by atoms with Crippen LogP contribution in [0, 0.1) is 0 Å². The lowest BCUT2D eigenvalue weighted by molar-refractivity contribution is 0.0840. The molecule has 0 bridgehead atoms. The van der Waals surface area contributed by atoms with Crippen molar-refractivity contribution >= 4 is 38.8 Å². The molecule has 0 spiro atoms. The SMILES string of the molecule is CCCn1nc(C(=O)NNC(=O)c2csc3cncn23)c2ccccc2c1=O. The summed E-state index contributed by atoms with van der Waals surface area (Å²) < 4.78 is 2.90. The zero-order chi connectivity index (χ0) is 19.7. The van der Waals surface area contributed by atoms with E-state index < -0.39 is 11.8 Å². The summed E-state index contributed by atoms with van der Waals surface area (Å²) in [5.41, 5.74) is 4.94. The second-order valence-corrected chi connectivity index (χ2v) is 6.94. The Morgan fingerprint density at radius 1 is 1.14 bits per heavy atom. The molecule has 2 amide bonds. The first-order chi connectivity index (χ1) is 13.6. The molecule has 142 valence electrons. The van der Waals surface area contributed by atoms with Gasteiger partial charge in [-0.15, -0.1) is 11.3 Å². The molecule has 0 aliphatic carbocycles. The Morgan fingerprint density at radius 3 is 2.68 bits per heavy atom. The number of nitrogens with one attached hydrogen (secondary N) is 2. The average Bonchev–Trinajstić information content (AvgIpc) is 3.32. The molecule has 0 saturated heterocycles. The van der Waals surface area contributed by atoms with E-state index in [4.69, 9.17) is 0 Å². The number of carbonyl (C=O) groups excluding carboxylic acids is 2. The minimum absolute atomic E-state index is 0.0713. The molecular weight excluding hydrogens is 380 g/mol. The van der Waals surface area contributed by atoms with Crippen LogP contribution in [0.3, 0.4) is 0 Å². The maximum atomic E-state index is 12.7. The van der Waals surface area contributed by atoms with Gasteiger partial charge in [-0.05, 0) is 12.5 Å². The number of rotatable bonds is 4. The van der Waals surface area contributed by atoms with Gasteiger partial charge >= 0.3 is 0 Å². The summed E-state index contributed by atoms with van der Waals surface area (Å²) in [6, 6.07) is 6.77. The van der Waals surface area contributed by atoms with Gasteiger partial charge in [0.05, 0.1) is 11.6 Å². The van der Waals surface area contributed by atoms with Crippen LogP contribution in [0.1, 0.15) is 34.3 Å². The van der Waals surface area contributed by atoms with Gasteiger partial charge in [-0.25, -0.2) is 9.67 Å². The number of nitrogens with zero attached hydrogens (tertiary/aromatic N) is 4. The first-order valence-electron chi connectivity index (χ1n) is 8.60. The van der Waals surface area contributed by atoms with Gasteiger partial charge in [0.1, 0.15) is 16.9 Å². The molecule has 0 atom stereocenters. The Morgan fingerprint density at radius 2 is 1.89 bits per heavy atom. The van der Waals surface area contributed by atoms with Crippen LogP contribution in [-0.4, -0.2) is 31.0 Å². The molecule has 0 saturated carbocycles. The Balaban J connectivity index is 1.62. The fraction of sp³-hybridized carbons (Fsp3) is 0.167. The highest BCUT2D eigenvalue weighted by atomic mass is 32.1. The van der Waals surface area contributed by atoms with E-state index in [2.05, 4.69) is 20.9 Å². The van der Waals surface area contributed by atoms with E-state index in [0.29, 0.717) is 29.4 Å². The fourth-order valence-corrected chi connectivity index (χ4v) is 3.72. The second kappa shape index (κ2) is 7.24. The minimum Gasteiger partial charge on any atom is -0.285 e. The average molecular weight is 396 g/mol. The van der Waals surface area contributed by atoms with Crippen molar-refractivity contribution < 1.29 is 9.59 Å². The molecule has 9 nitrogen and oxygen atoms in total. The number of hydrogen-bond donors (Lipinski definition) is 2. The molecule has 3 heterocycles. The van der Waals surface area contributed by atoms with Gasteiger partial charge in [0.25, 0.3) is 17.4 Å². The topological polar surface area (TPSA) is 110 Å². The van der Waals surface area contributed by atoms with Crippen molar-refractivity contribution in [1.82, 2.24) is 30.0 Å². The van der Waals surface area contributed by atoms with E-state index in [0.717, 1.165) is 4.83 Å². The summed E-state index contributed by atoms with van der Waals surface area (Å²) in [4.78, 5) is 42.4. The molecule has 2 N–H and O–H groups in total. The lowest BCUT2D eigenvalue weighted by Crippen LogP contribution is -2.43. The Kier molecular flexibility index (Phi) is 4.62. The zero-order valence-corrected chi connectivity index (χ0v) is 15.7. The number of aryl methyl sites for hydroxylation is 1. The normalized spacial score (nSPS) is 11.0. The number of hydrazine groups is 1. The summed E-state index contributed by atoms with van der Waals surface area (Å²) in [5, 5.41) is 6.71. The number of fused-ring (bicyclic) bond motifs is 2. The molecule has 4 aromatic rings. The van der Waals surface area contributed by atoms with Gasteiger partial charge in [-0.1, -0.05) is 25.1 Å². The largest absolute Gasteiger partial charge is 0.290 e. The number of thiazole rings is 1. The summed E-state index contributed by atoms with van der Waals surface area (Å²) >= 11 is 1.37. The van der Waals surface area contributed by atoms with Crippen LogP contribution in [-0.2, 0) is 6.54 Å². The van der Waals surface area contributed by atoms with E-state index in [1.54, 1.807) is 40.2 Å². The lowest BCUT2D eigenvalue weighted by Gasteiger charge is -2.11. The van der Waals surface area contributed by atoms with Gasteiger partial charge < -0.3 is 0 Å². The van der Waals surface area contributed by atoms with Crippen LogP contribution < -0.4 is 16.4 Å². The molecule has 3 aromatic heterocycles. The highest BCUT2D eigenvalue weighted by molar-refractivity contribution is 7.15. The Hall–Kier alpha value is -3.53. The smallest absolute Gasteiger partial charge is 0.285 e. The van der Waals surface area contributed by atoms with Crippen LogP contribution in [0.2, 0.25) is 0 Å². The van der Waals surface area contributed by atoms with Gasteiger partial charge in [0.2, 0.25) is 0 Å². The third kappa shape index (κ3) is 3.03. The van der Waals surface area contributed by atoms with Crippen molar-refractivity contribution in [2.24, 2.45) is 0 Å². The van der Waals surface area contributed by atoms with Crippen molar-refractivity contribution in [2.45, 2.75) is 19.9 Å². The predicted octanol–water partition coefficient (Wildman–Crippen LogP) is 1.59. The molecule has 0 radical (unpaired) electrons. The molecule has 0 fully saturated rings. The van der Waals surface area contributed by atoms with E-state index in [1.807, 2.05) is 6.92 Å². The molecule has 4 rings (SSSR count). The summed E-state index contributed by atoms with van der Waals surface area (Å²) in [6.07, 6.45) is 3.87. The van der Waals surface area contributed by atoms with Gasteiger partial charge in [0, 0.05) is 17.3 Å². The van der Waals surface area contributed by atoms with Crippen molar-refractivity contribution in [1.29, 1.82) is 0 Å². The quantitative estimate of drug-likeness (QED) is 0.509. The van der Waals surface area contributed by atoms with Crippen LogP contribution in [0.25, 0.3) is 15.6 Å². The number of imidazole rings is 1. The highest BCUT2D eigenvalue weighted by Gasteiger charge is 2.18. The van der Waals surface area contributed by atoms with E-state index in [9.17, 15) is 14.4 Å². The van der Waals surface area contributed by atoms with Crippen molar-refractivity contribution in [2.75, 3.05) is 0 Å². The van der Waals surface area contributed by atoms with Crippen LogP contribution in [0.5, 0.6) is 0 Å². The molecule has 0 aliphatic rings. The number of carbonyl (C=O) groups is 2. The summed E-state index contributed by atoms with van der Waals surface area (Å²) in [7, 11) is 0. The first-order valence-corrected chi connectivity index (χ1v) is 9.48. The monoisotopic (exact) mass is 396 g/mol. The van der Waals surface area contributed by atoms with Gasteiger partial charge in [0.15, 0.2) is 5.69 Å². The number of hydrogen-bond acceptors (Lipinski definition) is 6. The third-order valence-corrected chi connectivity index (χ3v) is 5.08. The molecule has 28 heavy (non-hydrogen) atoms. The lowest BCUT2D eigenvalue weighted by atomic mass is 10.1. The zero-order valence-electron chi connectivity index (χ0n) is 14.9.